The van der Waals surface area contributed by atoms with E-state index < -0.39 is 0 Å². The van der Waals surface area contributed by atoms with Crippen LogP contribution in [0.3, 0.4) is 0 Å². The van der Waals surface area contributed by atoms with Crippen LogP contribution in [-0.4, -0.2) is 60.5 Å². The van der Waals surface area contributed by atoms with Gasteiger partial charge in [-0.1, -0.05) is 0 Å². The molecule has 0 spiro atoms. The maximum Gasteiger partial charge on any atom is 0.0510 e. The fourth-order valence-electron chi connectivity index (χ4n) is 3.50. The van der Waals surface area contributed by atoms with E-state index in [-0.39, 0.29) is 18.6 Å². The van der Waals surface area contributed by atoms with Crippen molar-refractivity contribution in [1.29, 1.82) is 0 Å². The van der Waals surface area contributed by atoms with Crippen LogP contribution in [0.2, 0.25) is 0 Å². The summed E-state index contributed by atoms with van der Waals surface area (Å²) in [6, 6.07) is 0.995. The third-order valence-corrected chi connectivity index (χ3v) is 4.74. The molecule has 2 fully saturated rings. The first kappa shape index (κ1) is 13.3. The summed E-state index contributed by atoms with van der Waals surface area (Å²) in [6.07, 6.45) is 5.56. The maximum absolute atomic E-state index is 9.51. The Hall–Kier alpha value is -0.160. The zero-order valence-electron chi connectivity index (χ0n) is 10.9. The van der Waals surface area contributed by atoms with Crippen molar-refractivity contribution in [3.63, 3.8) is 0 Å². The van der Waals surface area contributed by atoms with Crippen molar-refractivity contribution in [3.05, 3.63) is 0 Å². The van der Waals surface area contributed by atoms with Crippen LogP contribution in [0.5, 0.6) is 0 Å². The highest BCUT2D eigenvalue weighted by molar-refractivity contribution is 4.97. The summed E-state index contributed by atoms with van der Waals surface area (Å²) in [5.41, 5.74) is -0.260. The van der Waals surface area contributed by atoms with Gasteiger partial charge in [0.25, 0.3) is 0 Å². The van der Waals surface area contributed by atoms with Gasteiger partial charge in [0, 0.05) is 17.5 Å². The van der Waals surface area contributed by atoms with E-state index in [1.165, 1.54) is 25.9 Å². The van der Waals surface area contributed by atoms with E-state index in [9.17, 15) is 10.2 Å². The summed E-state index contributed by atoms with van der Waals surface area (Å²) in [7, 11) is 2.00. The fraction of sp³-hybridized carbons (Fsp3) is 1.00. The van der Waals surface area contributed by atoms with Gasteiger partial charge in [-0.25, -0.2) is 0 Å². The Labute approximate surface area is 104 Å². The number of nitrogens with one attached hydrogen (secondary N) is 1. The minimum Gasteiger partial charge on any atom is -0.396 e. The summed E-state index contributed by atoms with van der Waals surface area (Å²) in [5, 5.41) is 22.4. The molecule has 0 radical (unpaired) electrons. The van der Waals surface area contributed by atoms with Gasteiger partial charge < -0.3 is 15.5 Å². The molecule has 3 N–H and O–H groups in total. The largest absolute Gasteiger partial charge is 0.396 e. The van der Waals surface area contributed by atoms with E-state index >= 15 is 0 Å². The van der Waals surface area contributed by atoms with Gasteiger partial charge in [0.15, 0.2) is 0 Å². The Morgan fingerprint density at radius 2 is 1.88 bits per heavy atom. The average molecular weight is 242 g/mol. The molecule has 1 aliphatic heterocycles. The van der Waals surface area contributed by atoms with Crippen molar-refractivity contribution in [3.8, 4) is 0 Å². The monoisotopic (exact) mass is 242 g/mol. The van der Waals surface area contributed by atoms with Gasteiger partial charge in [-0.15, -0.1) is 0 Å². The zero-order chi connectivity index (χ0) is 12.3. The molecule has 4 nitrogen and oxygen atoms in total. The zero-order valence-corrected chi connectivity index (χ0v) is 10.9. The molecule has 2 atom stereocenters. The van der Waals surface area contributed by atoms with Crippen molar-refractivity contribution >= 4 is 0 Å². The molecule has 4 heteroatoms. The van der Waals surface area contributed by atoms with Crippen molar-refractivity contribution in [2.75, 3.05) is 33.4 Å². The van der Waals surface area contributed by atoms with Crippen LogP contribution in [0.1, 0.15) is 32.1 Å². The van der Waals surface area contributed by atoms with Crippen molar-refractivity contribution in [2.45, 2.75) is 44.2 Å². The average Bonchev–Trinajstić information content (AvgIpc) is 2.91. The first-order chi connectivity index (χ1) is 8.24. The number of likely N-dealkylation sites (tertiary alicyclic amines) is 1. The lowest BCUT2D eigenvalue weighted by Gasteiger charge is -2.46. The van der Waals surface area contributed by atoms with Gasteiger partial charge >= 0.3 is 0 Å². The van der Waals surface area contributed by atoms with Gasteiger partial charge in [0.2, 0.25) is 0 Å². The highest BCUT2D eigenvalue weighted by atomic mass is 16.3. The molecule has 1 aliphatic carbocycles. The summed E-state index contributed by atoms with van der Waals surface area (Å²) in [6.45, 7) is 2.64. The first-order valence-corrected chi connectivity index (χ1v) is 6.88. The van der Waals surface area contributed by atoms with Gasteiger partial charge in [0.1, 0.15) is 0 Å². The quantitative estimate of drug-likeness (QED) is 0.659. The summed E-state index contributed by atoms with van der Waals surface area (Å²) >= 11 is 0. The van der Waals surface area contributed by atoms with Crippen molar-refractivity contribution < 1.29 is 10.2 Å². The fourth-order valence-corrected chi connectivity index (χ4v) is 3.50. The maximum atomic E-state index is 9.51. The Morgan fingerprint density at radius 3 is 2.41 bits per heavy atom. The molecule has 0 bridgehead atoms. The molecule has 0 aromatic heterocycles. The van der Waals surface area contributed by atoms with E-state index in [1.807, 2.05) is 7.05 Å². The Morgan fingerprint density at radius 1 is 1.24 bits per heavy atom. The second-order valence-corrected chi connectivity index (χ2v) is 5.76. The summed E-state index contributed by atoms with van der Waals surface area (Å²) < 4.78 is 0. The molecular weight excluding hydrogens is 216 g/mol. The smallest absolute Gasteiger partial charge is 0.0510 e. The predicted octanol–water partition coefficient (Wildman–Crippen LogP) is 0.194. The number of aliphatic hydroxyl groups is 2. The molecule has 0 amide bonds. The van der Waals surface area contributed by atoms with Gasteiger partial charge in [0.05, 0.1) is 13.2 Å². The van der Waals surface area contributed by atoms with Crippen LogP contribution in [-0.2, 0) is 0 Å². The van der Waals surface area contributed by atoms with Crippen LogP contribution >= 0.6 is 0 Å². The Balaban J connectivity index is 2.02. The SMILES string of the molecule is CN[C@@H]1CC(CO)(CO)CC[C@H]1N1CCCC1. The molecule has 100 valence electrons. The van der Waals surface area contributed by atoms with Crippen LogP contribution in [0.25, 0.3) is 0 Å². The number of nitrogens with zero attached hydrogens (tertiary/aromatic N) is 1. The van der Waals surface area contributed by atoms with Crippen LogP contribution in [0.4, 0.5) is 0 Å². The number of hydrogen-bond acceptors (Lipinski definition) is 4. The Bertz CT molecular complexity index is 238. The molecule has 1 saturated carbocycles. The van der Waals surface area contributed by atoms with E-state index in [0.29, 0.717) is 12.1 Å². The van der Waals surface area contributed by atoms with Gasteiger partial charge in [-0.3, -0.25) is 4.90 Å². The molecule has 0 aromatic carbocycles. The highest BCUT2D eigenvalue weighted by Crippen LogP contribution is 2.38. The van der Waals surface area contributed by atoms with Crippen LogP contribution < -0.4 is 5.32 Å². The molecular formula is C13H26N2O2. The number of hydrogen-bond donors (Lipinski definition) is 3. The summed E-state index contributed by atoms with van der Waals surface area (Å²) in [4.78, 5) is 2.58. The third kappa shape index (κ3) is 2.65. The lowest BCUT2D eigenvalue weighted by Crippen LogP contribution is -2.55. The third-order valence-electron chi connectivity index (χ3n) is 4.74. The standard InChI is InChI=1S/C13H26N2O2/c1-14-11-8-13(9-16,10-17)5-4-12(11)15-6-2-3-7-15/h11-12,14,16-17H,2-10H2,1H3/t11-,12-/m1/s1. The molecule has 17 heavy (non-hydrogen) atoms. The topological polar surface area (TPSA) is 55.7 Å². The van der Waals surface area contributed by atoms with E-state index in [2.05, 4.69) is 10.2 Å². The van der Waals surface area contributed by atoms with Gasteiger partial charge in [-0.2, -0.15) is 0 Å². The molecule has 0 aromatic rings. The second kappa shape index (κ2) is 5.65. The van der Waals surface area contributed by atoms with Crippen molar-refractivity contribution in [2.24, 2.45) is 5.41 Å². The lowest BCUT2D eigenvalue weighted by molar-refractivity contribution is -0.0127. The summed E-state index contributed by atoms with van der Waals surface area (Å²) in [5.74, 6) is 0. The number of likely N-dealkylation sites (N-methyl/N-ethyl adjacent to an activating group) is 1. The number of aliphatic hydroxyl groups excluding tert-OH is 2. The second-order valence-electron chi connectivity index (χ2n) is 5.76. The molecule has 2 aliphatic rings. The first-order valence-electron chi connectivity index (χ1n) is 6.88. The number of rotatable bonds is 4. The molecule has 2 rings (SSSR count). The van der Waals surface area contributed by atoms with Crippen molar-refractivity contribution in [1.82, 2.24) is 10.2 Å². The molecule has 0 unspecified atom stereocenters. The van der Waals surface area contributed by atoms with E-state index in [1.54, 1.807) is 0 Å². The van der Waals surface area contributed by atoms with Crippen LogP contribution in [0.15, 0.2) is 0 Å². The van der Waals surface area contributed by atoms with E-state index in [0.717, 1.165) is 19.3 Å². The van der Waals surface area contributed by atoms with E-state index in [4.69, 9.17) is 0 Å². The minimum atomic E-state index is -0.260. The Kier molecular flexibility index (Phi) is 4.42. The van der Waals surface area contributed by atoms with Gasteiger partial charge in [-0.05, 0) is 52.2 Å². The lowest BCUT2D eigenvalue weighted by atomic mass is 9.71. The molecule has 1 saturated heterocycles. The minimum absolute atomic E-state index is 0.106. The highest BCUT2D eigenvalue weighted by Gasteiger charge is 2.42. The normalized spacial score (nSPS) is 34.1. The molecule has 1 heterocycles. The predicted molar refractivity (Wildman–Crippen MR) is 67.9 cm³/mol. The van der Waals surface area contributed by atoms with Crippen LogP contribution in [0, 0.1) is 5.41 Å².